The van der Waals surface area contributed by atoms with Gasteiger partial charge in [-0.25, -0.2) is 0 Å². The second-order valence-electron chi connectivity index (χ2n) is 3.01. The first kappa shape index (κ1) is 11.7. The summed E-state index contributed by atoms with van der Waals surface area (Å²) in [7, 11) is 0. The number of thioether (sulfide) groups is 1. The van der Waals surface area contributed by atoms with Gasteiger partial charge in [-0.1, -0.05) is 0 Å². The minimum Gasteiger partial charge on any atom is -0.326 e. The Labute approximate surface area is 94.5 Å². The molecule has 15 heavy (non-hydrogen) atoms. The number of nitrogens with one attached hydrogen (secondary N) is 1. The number of carbonyl (C=O) groups is 1. The Balaban J connectivity index is 2.49. The zero-order valence-electron chi connectivity index (χ0n) is 8.62. The molecule has 0 spiro atoms. The molecule has 0 aliphatic carbocycles. The molecule has 0 fully saturated rings. The standard InChI is InChI=1S/C12H13NOS/c1-3-4-9-15-12-7-5-11(6-8-12)13-10(2)14/h1,5-8H,4,9H2,2H3,(H,13,14). The minimum absolute atomic E-state index is 0.0530. The van der Waals surface area contributed by atoms with Gasteiger partial charge in [0, 0.05) is 29.7 Å². The topological polar surface area (TPSA) is 29.1 Å². The molecule has 1 aromatic carbocycles. The summed E-state index contributed by atoms with van der Waals surface area (Å²) >= 11 is 1.72. The van der Waals surface area contributed by atoms with Crippen molar-refractivity contribution in [3.63, 3.8) is 0 Å². The van der Waals surface area contributed by atoms with Crippen molar-refractivity contribution in [2.24, 2.45) is 0 Å². The van der Waals surface area contributed by atoms with Gasteiger partial charge in [0.05, 0.1) is 0 Å². The molecular weight excluding hydrogens is 206 g/mol. The minimum atomic E-state index is -0.0530. The van der Waals surface area contributed by atoms with Crippen LogP contribution in [0, 0.1) is 12.3 Å². The number of hydrogen-bond donors (Lipinski definition) is 1. The van der Waals surface area contributed by atoms with Crippen molar-refractivity contribution in [2.45, 2.75) is 18.2 Å². The molecule has 78 valence electrons. The Morgan fingerprint density at radius 3 is 2.67 bits per heavy atom. The van der Waals surface area contributed by atoms with Crippen LogP contribution in [0.25, 0.3) is 0 Å². The third kappa shape index (κ3) is 4.57. The highest BCUT2D eigenvalue weighted by Gasteiger charge is 1.96. The van der Waals surface area contributed by atoms with E-state index in [0.717, 1.165) is 17.9 Å². The van der Waals surface area contributed by atoms with Crippen LogP contribution in [-0.2, 0) is 4.79 Å². The summed E-state index contributed by atoms with van der Waals surface area (Å²) in [6.07, 6.45) is 5.94. The van der Waals surface area contributed by atoms with Gasteiger partial charge < -0.3 is 5.32 Å². The molecule has 0 atom stereocenters. The van der Waals surface area contributed by atoms with E-state index in [1.807, 2.05) is 24.3 Å². The zero-order valence-corrected chi connectivity index (χ0v) is 9.43. The van der Waals surface area contributed by atoms with Gasteiger partial charge in [-0.05, 0) is 24.3 Å². The van der Waals surface area contributed by atoms with Gasteiger partial charge in [-0.2, -0.15) is 0 Å². The lowest BCUT2D eigenvalue weighted by Crippen LogP contribution is -2.05. The van der Waals surface area contributed by atoms with Gasteiger partial charge in [0.2, 0.25) is 5.91 Å². The first-order valence-electron chi connectivity index (χ1n) is 4.66. The van der Waals surface area contributed by atoms with Crippen molar-refractivity contribution in [1.82, 2.24) is 0 Å². The van der Waals surface area contributed by atoms with Crippen LogP contribution >= 0.6 is 11.8 Å². The van der Waals surface area contributed by atoms with Crippen LogP contribution in [0.5, 0.6) is 0 Å². The lowest BCUT2D eigenvalue weighted by molar-refractivity contribution is -0.114. The van der Waals surface area contributed by atoms with E-state index in [1.165, 1.54) is 11.8 Å². The van der Waals surface area contributed by atoms with Crippen molar-refractivity contribution in [1.29, 1.82) is 0 Å². The monoisotopic (exact) mass is 219 g/mol. The highest BCUT2D eigenvalue weighted by Crippen LogP contribution is 2.20. The van der Waals surface area contributed by atoms with Crippen LogP contribution in [0.4, 0.5) is 5.69 Å². The van der Waals surface area contributed by atoms with Crippen molar-refractivity contribution in [3.05, 3.63) is 24.3 Å². The van der Waals surface area contributed by atoms with E-state index in [4.69, 9.17) is 6.42 Å². The molecular formula is C12H13NOS. The average Bonchev–Trinajstić information content (AvgIpc) is 2.20. The fraction of sp³-hybridized carbons (Fsp3) is 0.250. The van der Waals surface area contributed by atoms with E-state index in [9.17, 15) is 4.79 Å². The van der Waals surface area contributed by atoms with Crippen molar-refractivity contribution in [3.8, 4) is 12.3 Å². The summed E-state index contributed by atoms with van der Waals surface area (Å²) in [6.45, 7) is 1.50. The second-order valence-corrected chi connectivity index (χ2v) is 4.18. The molecule has 2 nitrogen and oxygen atoms in total. The molecule has 0 unspecified atom stereocenters. The van der Waals surface area contributed by atoms with E-state index in [1.54, 1.807) is 11.8 Å². The lowest BCUT2D eigenvalue weighted by Gasteiger charge is -2.03. The predicted molar refractivity (Wildman–Crippen MR) is 64.9 cm³/mol. The van der Waals surface area contributed by atoms with E-state index in [-0.39, 0.29) is 5.91 Å². The maximum atomic E-state index is 10.8. The van der Waals surface area contributed by atoms with Crippen LogP contribution in [0.3, 0.4) is 0 Å². The normalized spacial score (nSPS) is 9.33. The largest absolute Gasteiger partial charge is 0.326 e. The average molecular weight is 219 g/mol. The number of amides is 1. The van der Waals surface area contributed by atoms with E-state index in [0.29, 0.717) is 0 Å². The molecule has 0 aliphatic rings. The number of carbonyl (C=O) groups excluding carboxylic acids is 1. The molecule has 1 N–H and O–H groups in total. The summed E-state index contributed by atoms with van der Waals surface area (Å²) in [5.74, 6) is 3.47. The van der Waals surface area contributed by atoms with Crippen molar-refractivity contribution in [2.75, 3.05) is 11.1 Å². The van der Waals surface area contributed by atoms with Gasteiger partial charge in [-0.15, -0.1) is 24.1 Å². The maximum absolute atomic E-state index is 10.8. The number of benzene rings is 1. The molecule has 3 heteroatoms. The summed E-state index contributed by atoms with van der Waals surface area (Å²) < 4.78 is 0. The highest BCUT2D eigenvalue weighted by molar-refractivity contribution is 7.99. The van der Waals surface area contributed by atoms with Gasteiger partial charge in [0.15, 0.2) is 0 Å². The summed E-state index contributed by atoms with van der Waals surface area (Å²) in [6, 6.07) is 7.73. The van der Waals surface area contributed by atoms with E-state index < -0.39 is 0 Å². The molecule has 0 saturated heterocycles. The molecule has 0 heterocycles. The van der Waals surface area contributed by atoms with Gasteiger partial charge in [-0.3, -0.25) is 4.79 Å². The molecule has 0 aromatic heterocycles. The first-order valence-corrected chi connectivity index (χ1v) is 5.65. The molecule has 1 rings (SSSR count). The third-order valence-corrected chi connectivity index (χ3v) is 2.70. The lowest BCUT2D eigenvalue weighted by atomic mass is 10.3. The predicted octanol–water partition coefficient (Wildman–Crippen LogP) is 2.76. The molecule has 0 aliphatic heterocycles. The number of anilines is 1. The van der Waals surface area contributed by atoms with E-state index >= 15 is 0 Å². The molecule has 0 bridgehead atoms. The zero-order chi connectivity index (χ0) is 11.1. The summed E-state index contributed by atoms with van der Waals surface area (Å²) in [5.41, 5.74) is 0.823. The molecule has 1 amide bonds. The summed E-state index contributed by atoms with van der Waals surface area (Å²) in [4.78, 5) is 11.9. The number of rotatable bonds is 4. The molecule has 0 radical (unpaired) electrons. The maximum Gasteiger partial charge on any atom is 0.221 e. The number of hydrogen-bond acceptors (Lipinski definition) is 2. The van der Waals surface area contributed by atoms with Crippen molar-refractivity contribution < 1.29 is 4.79 Å². The quantitative estimate of drug-likeness (QED) is 0.479. The third-order valence-electron chi connectivity index (χ3n) is 1.69. The Hall–Kier alpha value is -1.40. The fourth-order valence-corrected chi connectivity index (χ4v) is 1.85. The van der Waals surface area contributed by atoms with Crippen molar-refractivity contribution >= 4 is 23.4 Å². The first-order chi connectivity index (χ1) is 7.22. The van der Waals surface area contributed by atoms with Crippen LogP contribution in [0.15, 0.2) is 29.2 Å². The van der Waals surface area contributed by atoms with Gasteiger partial charge >= 0.3 is 0 Å². The molecule has 1 aromatic rings. The number of terminal acetylenes is 1. The van der Waals surface area contributed by atoms with Gasteiger partial charge in [0.1, 0.15) is 0 Å². The Morgan fingerprint density at radius 2 is 2.13 bits per heavy atom. The summed E-state index contributed by atoms with van der Waals surface area (Å²) in [5, 5.41) is 2.72. The molecule has 0 saturated carbocycles. The fourth-order valence-electron chi connectivity index (χ4n) is 1.07. The van der Waals surface area contributed by atoms with Crippen LogP contribution in [0.1, 0.15) is 13.3 Å². The Kier molecular flexibility index (Phi) is 4.79. The van der Waals surface area contributed by atoms with E-state index in [2.05, 4.69) is 11.2 Å². The van der Waals surface area contributed by atoms with Crippen LogP contribution in [-0.4, -0.2) is 11.7 Å². The smallest absolute Gasteiger partial charge is 0.221 e. The van der Waals surface area contributed by atoms with Crippen LogP contribution < -0.4 is 5.32 Å². The Morgan fingerprint density at radius 1 is 1.47 bits per heavy atom. The Bertz CT molecular complexity index is 364. The van der Waals surface area contributed by atoms with Crippen LogP contribution in [0.2, 0.25) is 0 Å². The SMILES string of the molecule is C#CCCSc1ccc(NC(C)=O)cc1. The second kappa shape index (κ2) is 6.15. The highest BCUT2D eigenvalue weighted by atomic mass is 32.2. The van der Waals surface area contributed by atoms with Gasteiger partial charge in [0.25, 0.3) is 0 Å².